The molecular formula is C13H18F3N3O. The van der Waals surface area contributed by atoms with Gasteiger partial charge in [-0.25, -0.2) is 23.0 Å². The van der Waals surface area contributed by atoms with Crippen LogP contribution in [-0.2, 0) is 0 Å². The molecule has 0 spiro atoms. The van der Waals surface area contributed by atoms with Crippen molar-refractivity contribution in [3.8, 4) is 0 Å². The molecule has 2 unspecified atom stereocenters. The zero-order chi connectivity index (χ0) is 14.3. The third kappa shape index (κ3) is 2.50. The van der Waals surface area contributed by atoms with Crippen molar-refractivity contribution in [2.75, 3.05) is 13.1 Å². The number of carbonyl (C=O) groups is 1. The van der Waals surface area contributed by atoms with Gasteiger partial charge in [0.1, 0.15) is 18.5 Å². The van der Waals surface area contributed by atoms with Gasteiger partial charge in [0.2, 0.25) is 0 Å². The molecule has 1 saturated heterocycles. The minimum Gasteiger partial charge on any atom is -0.317 e. The molecule has 7 heteroatoms. The molecule has 2 amide bonds. The standard InChI is InChI=1S/C13H18F3N3O/c14-9-3-8(4-10(15)5-9)12-1-2-17-19(12)13(20)18-6-11(16)7-18/h2,8-12H,1,3-7H2/t8?,9?,10?,12-/m0/s1. The van der Waals surface area contributed by atoms with E-state index < -0.39 is 18.5 Å². The van der Waals surface area contributed by atoms with Gasteiger partial charge in [-0.3, -0.25) is 0 Å². The van der Waals surface area contributed by atoms with E-state index in [9.17, 15) is 18.0 Å². The van der Waals surface area contributed by atoms with Crippen LogP contribution in [0.3, 0.4) is 0 Å². The molecule has 3 aliphatic rings. The quantitative estimate of drug-likeness (QED) is 0.729. The van der Waals surface area contributed by atoms with Crippen LogP contribution in [0.4, 0.5) is 18.0 Å². The van der Waals surface area contributed by atoms with Crippen LogP contribution in [-0.4, -0.2) is 59.8 Å². The van der Waals surface area contributed by atoms with Crippen molar-refractivity contribution < 1.29 is 18.0 Å². The van der Waals surface area contributed by atoms with Gasteiger partial charge >= 0.3 is 6.03 Å². The Morgan fingerprint density at radius 2 is 1.70 bits per heavy atom. The molecule has 0 aromatic heterocycles. The van der Waals surface area contributed by atoms with Crippen molar-refractivity contribution in [1.29, 1.82) is 0 Å². The highest BCUT2D eigenvalue weighted by molar-refractivity contribution is 5.79. The minimum atomic E-state index is -1.15. The van der Waals surface area contributed by atoms with Gasteiger partial charge in [-0.2, -0.15) is 5.10 Å². The number of nitrogens with zero attached hydrogens (tertiary/aromatic N) is 3. The molecule has 112 valence electrons. The second-order valence-electron chi connectivity index (χ2n) is 5.89. The van der Waals surface area contributed by atoms with E-state index in [1.807, 2.05) is 0 Å². The van der Waals surface area contributed by atoms with Gasteiger partial charge in [0.05, 0.1) is 19.1 Å². The van der Waals surface area contributed by atoms with E-state index in [1.165, 1.54) is 9.91 Å². The van der Waals surface area contributed by atoms with E-state index in [4.69, 9.17) is 0 Å². The van der Waals surface area contributed by atoms with E-state index in [0.29, 0.717) is 6.42 Å². The lowest BCUT2D eigenvalue weighted by molar-refractivity contribution is 0.0382. The second-order valence-corrected chi connectivity index (χ2v) is 5.89. The van der Waals surface area contributed by atoms with E-state index >= 15 is 0 Å². The molecule has 0 radical (unpaired) electrons. The second kappa shape index (κ2) is 5.26. The molecule has 1 saturated carbocycles. The molecule has 1 aliphatic carbocycles. The highest BCUT2D eigenvalue weighted by Crippen LogP contribution is 2.36. The van der Waals surface area contributed by atoms with Crippen molar-refractivity contribution in [1.82, 2.24) is 9.91 Å². The van der Waals surface area contributed by atoms with E-state index in [1.54, 1.807) is 6.21 Å². The fraction of sp³-hybridized carbons (Fsp3) is 0.846. The molecule has 0 bridgehead atoms. The number of alkyl halides is 3. The summed E-state index contributed by atoms with van der Waals surface area (Å²) in [5, 5.41) is 5.31. The van der Waals surface area contributed by atoms with Crippen molar-refractivity contribution in [2.45, 2.75) is 50.2 Å². The van der Waals surface area contributed by atoms with E-state index in [2.05, 4.69) is 5.10 Å². The lowest BCUT2D eigenvalue weighted by Crippen LogP contribution is -2.57. The van der Waals surface area contributed by atoms with Crippen LogP contribution < -0.4 is 0 Å². The van der Waals surface area contributed by atoms with Crippen LogP contribution in [0.15, 0.2) is 5.10 Å². The SMILES string of the molecule is O=C(N1CC(F)C1)N1N=CC[C@H]1C1CC(F)CC(F)C1. The smallest absolute Gasteiger partial charge is 0.317 e. The average Bonchev–Trinajstić information content (AvgIpc) is 2.82. The summed E-state index contributed by atoms with van der Waals surface area (Å²) < 4.78 is 39.8. The Morgan fingerprint density at radius 3 is 2.30 bits per heavy atom. The number of carbonyl (C=O) groups excluding carboxylic acids is 1. The molecule has 2 aliphatic heterocycles. The summed E-state index contributed by atoms with van der Waals surface area (Å²) in [5.41, 5.74) is 0. The van der Waals surface area contributed by atoms with Crippen LogP contribution in [0, 0.1) is 5.92 Å². The van der Waals surface area contributed by atoms with Gasteiger partial charge in [0.25, 0.3) is 0 Å². The Morgan fingerprint density at radius 1 is 1.05 bits per heavy atom. The van der Waals surface area contributed by atoms with Crippen molar-refractivity contribution in [3.63, 3.8) is 0 Å². The zero-order valence-corrected chi connectivity index (χ0v) is 11.1. The zero-order valence-electron chi connectivity index (χ0n) is 11.1. The first-order chi connectivity index (χ1) is 9.54. The van der Waals surface area contributed by atoms with Gasteiger partial charge in [0, 0.05) is 19.1 Å². The van der Waals surface area contributed by atoms with Gasteiger partial charge in [-0.05, 0) is 18.8 Å². The maximum absolute atomic E-state index is 13.5. The van der Waals surface area contributed by atoms with Crippen LogP contribution in [0.1, 0.15) is 25.7 Å². The fourth-order valence-corrected chi connectivity index (χ4v) is 3.28. The number of hydrogen-bond donors (Lipinski definition) is 0. The van der Waals surface area contributed by atoms with Crippen LogP contribution in [0.5, 0.6) is 0 Å². The first kappa shape index (κ1) is 13.7. The maximum Gasteiger partial charge on any atom is 0.340 e. The molecular weight excluding hydrogens is 271 g/mol. The average molecular weight is 289 g/mol. The number of urea groups is 1. The summed E-state index contributed by atoms with van der Waals surface area (Å²) in [6, 6.07) is -0.646. The molecule has 4 nitrogen and oxygen atoms in total. The number of rotatable bonds is 1. The number of hydrazone groups is 1. The predicted octanol–water partition coefficient (Wildman–Crippen LogP) is 2.30. The molecule has 0 aromatic rings. The summed E-state index contributed by atoms with van der Waals surface area (Å²) >= 11 is 0. The minimum absolute atomic E-state index is 0.0479. The Kier molecular flexibility index (Phi) is 3.60. The largest absolute Gasteiger partial charge is 0.340 e. The van der Waals surface area contributed by atoms with Crippen LogP contribution in [0.25, 0.3) is 0 Å². The summed E-state index contributed by atoms with van der Waals surface area (Å²) in [6.07, 6.45) is -0.667. The Balaban J connectivity index is 1.65. The number of hydrogen-bond acceptors (Lipinski definition) is 2. The molecule has 0 aromatic carbocycles. The first-order valence-corrected chi connectivity index (χ1v) is 7.07. The van der Waals surface area contributed by atoms with Crippen molar-refractivity contribution in [2.24, 2.45) is 11.0 Å². The Bertz CT molecular complexity index is 404. The summed E-state index contributed by atoms with van der Waals surface area (Å²) in [5.74, 6) is -0.220. The number of amides is 2. The van der Waals surface area contributed by atoms with E-state index in [0.717, 1.165) is 0 Å². The third-order valence-electron chi connectivity index (χ3n) is 4.34. The third-order valence-corrected chi connectivity index (χ3v) is 4.34. The fourth-order valence-electron chi connectivity index (χ4n) is 3.28. The summed E-state index contributed by atoms with van der Waals surface area (Å²) in [7, 11) is 0. The molecule has 2 fully saturated rings. The monoisotopic (exact) mass is 289 g/mol. The van der Waals surface area contributed by atoms with Crippen molar-refractivity contribution >= 4 is 12.2 Å². The Hall–Kier alpha value is -1.27. The summed E-state index contributed by atoms with van der Waals surface area (Å²) in [6.45, 7) is 0.166. The number of halogens is 3. The summed E-state index contributed by atoms with van der Waals surface area (Å²) in [4.78, 5) is 13.6. The molecule has 2 heterocycles. The predicted molar refractivity (Wildman–Crippen MR) is 67.7 cm³/mol. The van der Waals surface area contributed by atoms with Gasteiger partial charge < -0.3 is 4.90 Å². The van der Waals surface area contributed by atoms with Crippen LogP contribution >= 0.6 is 0 Å². The lowest BCUT2D eigenvalue weighted by Gasteiger charge is -2.40. The highest BCUT2D eigenvalue weighted by Gasteiger charge is 2.42. The maximum atomic E-state index is 13.5. The lowest BCUT2D eigenvalue weighted by atomic mass is 9.81. The first-order valence-electron chi connectivity index (χ1n) is 7.07. The topological polar surface area (TPSA) is 35.9 Å². The van der Waals surface area contributed by atoms with Crippen LogP contribution in [0.2, 0.25) is 0 Å². The normalized spacial score (nSPS) is 38.1. The van der Waals surface area contributed by atoms with Crippen molar-refractivity contribution in [3.05, 3.63) is 0 Å². The highest BCUT2D eigenvalue weighted by atomic mass is 19.1. The molecule has 3 rings (SSSR count). The molecule has 20 heavy (non-hydrogen) atoms. The Labute approximate surface area is 115 Å². The number of likely N-dealkylation sites (tertiary alicyclic amines) is 1. The van der Waals surface area contributed by atoms with Gasteiger partial charge in [-0.1, -0.05) is 0 Å². The molecule has 0 N–H and O–H groups in total. The van der Waals surface area contributed by atoms with Gasteiger partial charge in [0.15, 0.2) is 0 Å². The van der Waals surface area contributed by atoms with E-state index in [-0.39, 0.29) is 50.3 Å². The van der Waals surface area contributed by atoms with Gasteiger partial charge in [-0.15, -0.1) is 0 Å². The molecule has 3 atom stereocenters.